The highest BCUT2D eigenvalue weighted by Crippen LogP contribution is 2.37. The van der Waals surface area contributed by atoms with E-state index >= 15 is 0 Å². The maximum atomic E-state index is 12.4. The van der Waals surface area contributed by atoms with Gasteiger partial charge in [0.05, 0.1) is 12.0 Å². The van der Waals surface area contributed by atoms with Gasteiger partial charge < -0.3 is 4.74 Å². The third-order valence-corrected chi connectivity index (χ3v) is 3.47. The van der Waals surface area contributed by atoms with Gasteiger partial charge in [-0.3, -0.25) is 4.79 Å². The summed E-state index contributed by atoms with van der Waals surface area (Å²) >= 11 is 0. The smallest absolute Gasteiger partial charge is 0.312 e. The summed E-state index contributed by atoms with van der Waals surface area (Å²) in [7, 11) is 0. The lowest BCUT2D eigenvalue weighted by Crippen LogP contribution is -2.34. The molecule has 0 aliphatic rings. The molecule has 0 amide bonds. The van der Waals surface area contributed by atoms with E-state index in [9.17, 15) is 4.79 Å². The molecule has 1 atom stereocenters. The van der Waals surface area contributed by atoms with Crippen LogP contribution in [0, 0.1) is 17.3 Å². The summed E-state index contributed by atoms with van der Waals surface area (Å²) in [5.74, 6) is 0.975. The number of carbonyl (C=O) groups is 1. The van der Waals surface area contributed by atoms with Gasteiger partial charge in [-0.25, -0.2) is 0 Å². The van der Waals surface area contributed by atoms with Crippen molar-refractivity contribution in [2.24, 2.45) is 17.3 Å². The Morgan fingerprint density at radius 1 is 1.11 bits per heavy atom. The maximum absolute atomic E-state index is 12.4. The Bertz CT molecular complexity index is 239. The molecule has 0 saturated carbocycles. The van der Waals surface area contributed by atoms with Crippen LogP contribution in [0.1, 0.15) is 73.6 Å². The minimum absolute atomic E-state index is 0. The molecule has 0 N–H and O–H groups in total. The number of carbonyl (C=O) groups excluding carboxylic acids is 1. The van der Waals surface area contributed by atoms with E-state index in [2.05, 4.69) is 41.5 Å². The van der Waals surface area contributed by atoms with Crippen LogP contribution in [-0.2, 0) is 9.53 Å². The average Bonchev–Trinajstić information content (AvgIpc) is 2.30. The Labute approximate surface area is 130 Å². The first-order valence-corrected chi connectivity index (χ1v) is 7.55. The third-order valence-electron chi connectivity index (χ3n) is 3.47. The molecule has 1 unspecified atom stereocenters. The van der Waals surface area contributed by atoms with E-state index in [1.165, 1.54) is 0 Å². The fourth-order valence-electron chi connectivity index (χ4n) is 2.44. The van der Waals surface area contributed by atoms with E-state index in [0.717, 1.165) is 32.1 Å². The van der Waals surface area contributed by atoms with E-state index in [4.69, 9.17) is 4.74 Å². The summed E-state index contributed by atoms with van der Waals surface area (Å²) in [4.78, 5) is 12.4. The first kappa shape index (κ1) is 21.3. The second-order valence-electron chi connectivity index (χ2n) is 6.33. The molecule has 0 aliphatic heterocycles. The van der Waals surface area contributed by atoms with Crippen molar-refractivity contribution in [2.45, 2.75) is 73.6 Å². The van der Waals surface area contributed by atoms with Crippen LogP contribution in [0.25, 0.3) is 0 Å². The number of rotatable bonds is 9. The molecule has 0 aromatic rings. The van der Waals surface area contributed by atoms with Gasteiger partial charge >= 0.3 is 5.97 Å². The fourth-order valence-corrected chi connectivity index (χ4v) is 2.44. The van der Waals surface area contributed by atoms with E-state index in [-0.39, 0.29) is 28.7 Å². The Kier molecular flexibility index (Phi) is 12.1. The van der Waals surface area contributed by atoms with Crippen LogP contribution in [0.15, 0.2) is 0 Å². The minimum Gasteiger partial charge on any atom is -0.465 e. The monoisotopic (exact) mass is 286 g/mol. The van der Waals surface area contributed by atoms with Crippen LogP contribution < -0.4 is 0 Å². The molecule has 0 bridgehead atoms. The highest BCUT2D eigenvalue weighted by Gasteiger charge is 2.38. The molecule has 0 rings (SSSR count). The molecule has 0 aromatic carbocycles. The maximum Gasteiger partial charge on any atom is 0.312 e. The van der Waals surface area contributed by atoms with Gasteiger partial charge in [0.25, 0.3) is 0 Å². The van der Waals surface area contributed by atoms with Crippen molar-refractivity contribution in [3.05, 3.63) is 0 Å². The average molecular weight is 286 g/mol. The van der Waals surface area contributed by atoms with Crippen molar-refractivity contribution < 1.29 is 9.53 Å². The largest absolute Gasteiger partial charge is 0.465 e. The summed E-state index contributed by atoms with van der Waals surface area (Å²) < 4.78 is 5.52. The zero-order valence-corrected chi connectivity index (χ0v) is 13.2. The summed E-state index contributed by atoms with van der Waals surface area (Å²) in [5, 5.41) is 0. The zero-order valence-electron chi connectivity index (χ0n) is 13.2. The number of ether oxygens (including phenoxy) is 1. The third kappa shape index (κ3) is 8.00. The van der Waals surface area contributed by atoms with Gasteiger partial charge in [-0.15, -0.1) is 0 Å². The molecular formula is C16H35AlO2. The molecular weight excluding hydrogens is 251 g/mol. The van der Waals surface area contributed by atoms with Crippen LogP contribution in [0.2, 0.25) is 0 Å². The molecule has 0 radical (unpaired) electrons. The lowest BCUT2D eigenvalue weighted by molar-refractivity contribution is -0.159. The second-order valence-corrected chi connectivity index (χ2v) is 6.33. The second kappa shape index (κ2) is 10.8. The Hall–Kier alpha value is 0.00247. The predicted octanol–water partition coefficient (Wildman–Crippen LogP) is 3.63. The van der Waals surface area contributed by atoms with Crippen molar-refractivity contribution in [3.63, 3.8) is 0 Å². The number of hydrogen-bond acceptors (Lipinski definition) is 2. The van der Waals surface area contributed by atoms with E-state index < -0.39 is 0 Å². The van der Waals surface area contributed by atoms with Gasteiger partial charge in [0.2, 0.25) is 0 Å². The van der Waals surface area contributed by atoms with E-state index in [1.807, 2.05) is 0 Å². The molecule has 0 saturated heterocycles. The van der Waals surface area contributed by atoms with Gasteiger partial charge in [0.1, 0.15) is 0 Å². The van der Waals surface area contributed by atoms with Crippen LogP contribution in [0.3, 0.4) is 0 Å². The van der Waals surface area contributed by atoms with Crippen molar-refractivity contribution in [2.75, 3.05) is 6.61 Å². The van der Waals surface area contributed by atoms with Gasteiger partial charge in [0.15, 0.2) is 17.4 Å². The quantitative estimate of drug-likeness (QED) is 0.478. The van der Waals surface area contributed by atoms with Crippen molar-refractivity contribution in [1.29, 1.82) is 0 Å². The lowest BCUT2D eigenvalue weighted by Gasteiger charge is -2.32. The highest BCUT2D eigenvalue weighted by molar-refractivity contribution is 5.76. The normalized spacial score (nSPS) is 14.1. The van der Waals surface area contributed by atoms with Crippen LogP contribution >= 0.6 is 0 Å². The lowest BCUT2D eigenvalue weighted by atomic mass is 9.74. The molecule has 0 aliphatic carbocycles. The summed E-state index contributed by atoms with van der Waals surface area (Å²) in [6, 6.07) is 0. The first-order chi connectivity index (χ1) is 8.38. The molecule has 0 aromatic heterocycles. The van der Waals surface area contributed by atoms with Crippen molar-refractivity contribution >= 4 is 23.3 Å². The van der Waals surface area contributed by atoms with Gasteiger partial charge in [-0.1, -0.05) is 54.4 Å². The van der Waals surface area contributed by atoms with Gasteiger partial charge in [0, 0.05) is 0 Å². The molecule has 0 fully saturated rings. The van der Waals surface area contributed by atoms with Crippen LogP contribution in [-0.4, -0.2) is 29.9 Å². The van der Waals surface area contributed by atoms with Crippen molar-refractivity contribution in [3.8, 4) is 0 Å². The highest BCUT2D eigenvalue weighted by atomic mass is 27.0. The fraction of sp³-hybridized carbons (Fsp3) is 0.938. The van der Waals surface area contributed by atoms with Crippen LogP contribution in [0.5, 0.6) is 0 Å². The molecule has 19 heavy (non-hydrogen) atoms. The van der Waals surface area contributed by atoms with E-state index in [1.54, 1.807) is 0 Å². The Morgan fingerprint density at radius 3 is 2.05 bits per heavy atom. The Morgan fingerprint density at radius 2 is 1.68 bits per heavy atom. The SMILES string of the molecule is CCCCC(CC)(CC(C)C)C(=O)OCC(C)C.[AlH3]. The van der Waals surface area contributed by atoms with Crippen LogP contribution in [0.4, 0.5) is 0 Å². The minimum atomic E-state index is -0.251. The molecule has 3 heteroatoms. The molecule has 0 spiro atoms. The zero-order chi connectivity index (χ0) is 14.2. The van der Waals surface area contributed by atoms with Gasteiger partial charge in [-0.2, -0.15) is 0 Å². The van der Waals surface area contributed by atoms with E-state index in [0.29, 0.717) is 18.4 Å². The number of hydrogen-bond donors (Lipinski definition) is 0. The van der Waals surface area contributed by atoms with Gasteiger partial charge in [-0.05, 0) is 31.1 Å². The standard InChI is InChI=1S/C16H32O2.Al.3H/c1-7-9-10-16(8-2,11-13(3)4)15(17)18-12-14(5)6;;;;/h13-14H,7-12H2,1-6H3;;;;. The molecule has 2 nitrogen and oxygen atoms in total. The topological polar surface area (TPSA) is 26.3 Å². The van der Waals surface area contributed by atoms with Crippen molar-refractivity contribution in [1.82, 2.24) is 0 Å². The first-order valence-electron chi connectivity index (χ1n) is 7.55. The number of unbranched alkanes of at least 4 members (excludes halogenated alkanes) is 1. The number of esters is 1. The summed E-state index contributed by atoms with van der Waals surface area (Å²) in [6.07, 6.45) is 5.05. The summed E-state index contributed by atoms with van der Waals surface area (Å²) in [5.41, 5.74) is -0.251. The Balaban J connectivity index is 0. The molecule has 114 valence electrons. The summed E-state index contributed by atoms with van der Waals surface area (Å²) in [6.45, 7) is 13.4. The predicted molar refractivity (Wildman–Crippen MR) is 87.4 cm³/mol. The molecule has 0 heterocycles.